The van der Waals surface area contributed by atoms with E-state index in [-0.39, 0.29) is 11.9 Å². The summed E-state index contributed by atoms with van der Waals surface area (Å²) in [4.78, 5) is 11.6. The first kappa shape index (κ1) is 15.0. The van der Waals surface area contributed by atoms with Gasteiger partial charge in [-0.25, -0.2) is 9.18 Å². The van der Waals surface area contributed by atoms with Gasteiger partial charge in [0.25, 0.3) is 0 Å². The molecule has 5 heteroatoms. The van der Waals surface area contributed by atoms with E-state index < -0.39 is 11.7 Å². The second-order valence-corrected chi connectivity index (χ2v) is 5.89. The zero-order chi connectivity index (χ0) is 13.9. The molecule has 0 spiro atoms. The van der Waals surface area contributed by atoms with E-state index in [2.05, 4.69) is 21.2 Å². The molecule has 0 radical (unpaired) electrons. The zero-order valence-electron chi connectivity index (χ0n) is 10.9. The van der Waals surface area contributed by atoms with Gasteiger partial charge in [-0.15, -0.1) is 0 Å². The van der Waals surface area contributed by atoms with Gasteiger partial charge in [0.2, 0.25) is 0 Å². The second-order valence-electron chi connectivity index (χ2n) is 5.03. The number of carbonyl (C=O) groups is 1. The normalized spacial score (nSPS) is 13.0. The summed E-state index contributed by atoms with van der Waals surface area (Å²) >= 11 is 3.27. The monoisotopic (exact) mass is 317 g/mol. The highest BCUT2D eigenvalue weighted by Crippen LogP contribution is 2.24. The summed E-state index contributed by atoms with van der Waals surface area (Å²) in [6.07, 6.45) is -0.494. The molecular weight excluding hydrogens is 301 g/mol. The van der Waals surface area contributed by atoms with Crippen LogP contribution in [0.5, 0.6) is 0 Å². The van der Waals surface area contributed by atoms with Crippen molar-refractivity contribution in [2.45, 2.75) is 39.3 Å². The quantitative estimate of drug-likeness (QED) is 0.888. The van der Waals surface area contributed by atoms with Gasteiger partial charge in [-0.05, 0) is 45.4 Å². The second kappa shape index (κ2) is 5.69. The average Bonchev–Trinajstić information content (AvgIpc) is 2.13. The summed E-state index contributed by atoms with van der Waals surface area (Å²) in [5, 5.41) is 2.70. The van der Waals surface area contributed by atoms with Crippen molar-refractivity contribution in [1.82, 2.24) is 5.32 Å². The number of amides is 1. The van der Waals surface area contributed by atoms with Crippen LogP contribution in [0.3, 0.4) is 0 Å². The summed E-state index contributed by atoms with van der Waals surface area (Å²) in [5.41, 5.74) is 0.256. The molecule has 1 N–H and O–H groups in total. The number of rotatable bonds is 2. The molecule has 0 aliphatic rings. The summed E-state index contributed by atoms with van der Waals surface area (Å²) in [5.74, 6) is -0.324. The molecule has 0 aromatic heterocycles. The van der Waals surface area contributed by atoms with E-state index >= 15 is 0 Å². The lowest BCUT2D eigenvalue weighted by molar-refractivity contribution is 0.0508. The van der Waals surface area contributed by atoms with Crippen molar-refractivity contribution >= 4 is 22.0 Å². The van der Waals surface area contributed by atoms with Crippen molar-refractivity contribution in [2.75, 3.05) is 0 Å². The molecule has 0 heterocycles. The van der Waals surface area contributed by atoms with Crippen molar-refractivity contribution in [3.8, 4) is 0 Å². The third kappa shape index (κ3) is 4.64. The van der Waals surface area contributed by atoms with E-state index in [1.165, 1.54) is 12.1 Å². The predicted octanol–water partition coefficient (Wildman–Crippen LogP) is 4.17. The Kier molecular flexibility index (Phi) is 4.73. The Balaban J connectivity index is 2.71. The van der Waals surface area contributed by atoms with Crippen molar-refractivity contribution < 1.29 is 13.9 Å². The molecule has 0 aliphatic carbocycles. The molecule has 1 aromatic rings. The van der Waals surface area contributed by atoms with Crippen molar-refractivity contribution in [2.24, 2.45) is 0 Å². The predicted molar refractivity (Wildman–Crippen MR) is 71.9 cm³/mol. The third-order valence-electron chi connectivity index (χ3n) is 2.16. The summed E-state index contributed by atoms with van der Waals surface area (Å²) in [6, 6.07) is 4.08. The molecule has 0 fully saturated rings. The van der Waals surface area contributed by atoms with Crippen LogP contribution >= 0.6 is 15.9 Å². The third-order valence-corrected chi connectivity index (χ3v) is 2.85. The molecule has 1 rings (SSSR count). The molecule has 1 atom stereocenters. The summed E-state index contributed by atoms with van der Waals surface area (Å²) in [6.45, 7) is 7.20. The molecule has 0 bridgehead atoms. The van der Waals surface area contributed by atoms with Crippen LogP contribution in [-0.2, 0) is 4.74 Å². The van der Waals surface area contributed by atoms with E-state index in [0.717, 1.165) is 5.56 Å². The fourth-order valence-electron chi connectivity index (χ4n) is 1.41. The topological polar surface area (TPSA) is 38.3 Å². The molecule has 0 saturated carbocycles. The number of carbonyl (C=O) groups excluding carboxylic acids is 1. The highest BCUT2D eigenvalue weighted by molar-refractivity contribution is 9.10. The summed E-state index contributed by atoms with van der Waals surface area (Å²) < 4.78 is 18.7. The number of hydrogen-bond acceptors (Lipinski definition) is 2. The number of ether oxygens (including phenoxy) is 1. The lowest BCUT2D eigenvalue weighted by Gasteiger charge is -2.22. The van der Waals surface area contributed by atoms with Gasteiger partial charge in [0, 0.05) is 4.47 Å². The van der Waals surface area contributed by atoms with Gasteiger partial charge in [-0.1, -0.05) is 22.0 Å². The van der Waals surface area contributed by atoms with Gasteiger partial charge in [-0.2, -0.15) is 0 Å². The molecule has 100 valence electrons. The highest BCUT2D eigenvalue weighted by Gasteiger charge is 2.19. The van der Waals surface area contributed by atoms with E-state index in [4.69, 9.17) is 4.74 Å². The van der Waals surface area contributed by atoms with E-state index in [1.54, 1.807) is 26.8 Å². The molecule has 0 saturated heterocycles. The van der Waals surface area contributed by atoms with Crippen LogP contribution in [0.4, 0.5) is 9.18 Å². The molecule has 0 aliphatic heterocycles. The van der Waals surface area contributed by atoms with Crippen LogP contribution in [0.1, 0.15) is 39.3 Å². The largest absolute Gasteiger partial charge is 0.444 e. The molecule has 1 aromatic carbocycles. The van der Waals surface area contributed by atoms with Gasteiger partial charge in [0.15, 0.2) is 0 Å². The Morgan fingerprint density at radius 1 is 1.44 bits per heavy atom. The molecule has 0 unspecified atom stereocenters. The van der Waals surface area contributed by atoms with Gasteiger partial charge in [0.1, 0.15) is 11.4 Å². The first-order chi connectivity index (χ1) is 8.19. The minimum atomic E-state index is -0.538. The fraction of sp³-hybridized carbons (Fsp3) is 0.462. The Bertz CT molecular complexity index is 443. The van der Waals surface area contributed by atoms with Crippen molar-refractivity contribution in [3.63, 3.8) is 0 Å². The van der Waals surface area contributed by atoms with Gasteiger partial charge < -0.3 is 10.1 Å². The van der Waals surface area contributed by atoms with Gasteiger partial charge >= 0.3 is 6.09 Å². The molecule has 1 amide bonds. The first-order valence-electron chi connectivity index (χ1n) is 5.63. The molecular formula is C13H17BrFNO2. The first-order valence-corrected chi connectivity index (χ1v) is 6.43. The Hall–Kier alpha value is -1.10. The zero-order valence-corrected chi connectivity index (χ0v) is 12.5. The van der Waals surface area contributed by atoms with Crippen LogP contribution in [-0.4, -0.2) is 11.7 Å². The fourth-order valence-corrected chi connectivity index (χ4v) is 2.11. The van der Waals surface area contributed by atoms with Crippen LogP contribution in [0.25, 0.3) is 0 Å². The lowest BCUT2D eigenvalue weighted by atomic mass is 10.1. The highest BCUT2D eigenvalue weighted by atomic mass is 79.9. The van der Waals surface area contributed by atoms with Crippen molar-refractivity contribution in [3.05, 3.63) is 34.1 Å². The lowest BCUT2D eigenvalue weighted by Crippen LogP contribution is -2.34. The Labute approximate surface area is 115 Å². The van der Waals surface area contributed by atoms with Crippen LogP contribution in [0, 0.1) is 5.82 Å². The number of halogens is 2. The van der Waals surface area contributed by atoms with Crippen LogP contribution in [0.15, 0.2) is 22.7 Å². The van der Waals surface area contributed by atoms with Gasteiger partial charge in [-0.3, -0.25) is 0 Å². The molecule has 3 nitrogen and oxygen atoms in total. The van der Waals surface area contributed by atoms with E-state index in [0.29, 0.717) is 4.47 Å². The summed E-state index contributed by atoms with van der Waals surface area (Å²) in [7, 11) is 0. The van der Waals surface area contributed by atoms with E-state index in [9.17, 15) is 9.18 Å². The van der Waals surface area contributed by atoms with Crippen LogP contribution in [0.2, 0.25) is 0 Å². The average molecular weight is 318 g/mol. The van der Waals surface area contributed by atoms with Crippen LogP contribution < -0.4 is 5.32 Å². The van der Waals surface area contributed by atoms with Crippen molar-refractivity contribution in [1.29, 1.82) is 0 Å². The van der Waals surface area contributed by atoms with Gasteiger partial charge in [0.05, 0.1) is 6.04 Å². The smallest absolute Gasteiger partial charge is 0.408 e. The maximum atomic E-state index is 13.0. The standard InChI is InChI=1S/C13H17BrFNO2/c1-8(16-12(17)18-13(2,3)4)10-6-5-9(15)7-11(10)14/h5-8H,1-4H3,(H,16,17)/t8-/m0/s1. The SMILES string of the molecule is C[C@H](NC(=O)OC(C)(C)C)c1ccc(F)cc1Br. The number of benzene rings is 1. The maximum absolute atomic E-state index is 13.0. The number of nitrogens with one attached hydrogen (secondary N) is 1. The maximum Gasteiger partial charge on any atom is 0.408 e. The Morgan fingerprint density at radius 2 is 2.06 bits per heavy atom. The number of hydrogen-bond donors (Lipinski definition) is 1. The minimum absolute atomic E-state index is 0.269. The molecule has 18 heavy (non-hydrogen) atoms. The van der Waals surface area contributed by atoms with E-state index in [1.807, 2.05) is 6.92 Å². The number of alkyl carbamates (subject to hydrolysis) is 1. The Morgan fingerprint density at radius 3 is 2.56 bits per heavy atom. The minimum Gasteiger partial charge on any atom is -0.444 e.